The molecule has 3 nitrogen and oxygen atoms in total. The normalized spacial score (nSPS) is 13.0. The first-order chi connectivity index (χ1) is 6.04. The number of aldehydes is 2. The van der Waals surface area contributed by atoms with E-state index in [1.165, 1.54) is 0 Å². The molecule has 0 saturated carbocycles. The third-order valence-electron chi connectivity index (χ3n) is 2.13. The maximum Gasteiger partial charge on any atom is 0.147 e. The maximum atomic E-state index is 10.5. The largest absolute Gasteiger partial charge is 0.302 e. The zero-order valence-electron chi connectivity index (χ0n) is 8.49. The van der Waals surface area contributed by atoms with E-state index in [0.717, 1.165) is 12.6 Å². The molecule has 0 aromatic heterocycles. The second-order valence-electron chi connectivity index (χ2n) is 3.33. The Kier molecular flexibility index (Phi) is 5.23. The molecule has 0 radical (unpaired) electrons. The number of hydrogen-bond donors (Lipinski definition) is 0. The van der Waals surface area contributed by atoms with Crippen LogP contribution in [0.4, 0.5) is 0 Å². The molecule has 0 saturated heterocycles. The Hall–Kier alpha value is -0.960. The van der Waals surface area contributed by atoms with Gasteiger partial charge >= 0.3 is 0 Å². The fraction of sp³-hybridized carbons (Fsp3) is 0.600. The molecule has 0 N–H and O–H groups in total. The number of rotatable bonds is 6. The number of nitrogens with zero attached hydrogens (tertiary/aromatic N) is 1. The van der Waals surface area contributed by atoms with Crippen molar-refractivity contribution < 1.29 is 9.59 Å². The van der Waals surface area contributed by atoms with Gasteiger partial charge in [-0.3, -0.25) is 9.69 Å². The van der Waals surface area contributed by atoms with Crippen LogP contribution < -0.4 is 0 Å². The smallest absolute Gasteiger partial charge is 0.147 e. The van der Waals surface area contributed by atoms with Gasteiger partial charge in [-0.2, -0.15) is 0 Å². The summed E-state index contributed by atoms with van der Waals surface area (Å²) in [5.41, 5.74) is 0.510. The quantitative estimate of drug-likeness (QED) is 0.456. The molecule has 3 heteroatoms. The third-order valence-corrected chi connectivity index (χ3v) is 2.13. The molecule has 1 unspecified atom stereocenters. The summed E-state index contributed by atoms with van der Waals surface area (Å²) in [7, 11) is 0. The van der Waals surface area contributed by atoms with Gasteiger partial charge < -0.3 is 4.79 Å². The molecule has 0 aliphatic carbocycles. The zero-order valence-corrected chi connectivity index (χ0v) is 8.49. The molecule has 0 heterocycles. The van der Waals surface area contributed by atoms with Crippen LogP contribution in [-0.4, -0.2) is 36.1 Å². The molecular weight excluding hydrogens is 166 g/mol. The summed E-state index contributed by atoms with van der Waals surface area (Å²) in [6.45, 7) is 9.82. The third kappa shape index (κ3) is 3.51. The van der Waals surface area contributed by atoms with Crippen molar-refractivity contribution in [2.24, 2.45) is 0 Å². The molecule has 0 fully saturated rings. The Morgan fingerprint density at radius 3 is 2.23 bits per heavy atom. The first-order valence-corrected chi connectivity index (χ1v) is 4.38. The monoisotopic (exact) mass is 183 g/mol. The van der Waals surface area contributed by atoms with Crippen LogP contribution in [0.15, 0.2) is 12.2 Å². The highest BCUT2D eigenvalue weighted by molar-refractivity contribution is 5.74. The first-order valence-electron chi connectivity index (χ1n) is 4.38. The van der Waals surface area contributed by atoms with Crippen molar-refractivity contribution in [3.05, 3.63) is 12.2 Å². The van der Waals surface area contributed by atoms with Gasteiger partial charge in [0.1, 0.15) is 12.6 Å². The van der Waals surface area contributed by atoms with E-state index in [-0.39, 0.29) is 12.1 Å². The predicted molar refractivity (Wildman–Crippen MR) is 52.6 cm³/mol. The van der Waals surface area contributed by atoms with E-state index in [4.69, 9.17) is 0 Å². The SMILES string of the molecule is C=C(C=O)C(C)N(CC=O)C(C)C. The van der Waals surface area contributed by atoms with E-state index < -0.39 is 0 Å². The van der Waals surface area contributed by atoms with Gasteiger partial charge in [-0.05, 0) is 20.8 Å². The maximum absolute atomic E-state index is 10.5. The van der Waals surface area contributed by atoms with Crippen LogP contribution >= 0.6 is 0 Å². The fourth-order valence-electron chi connectivity index (χ4n) is 1.21. The second kappa shape index (κ2) is 5.65. The highest BCUT2D eigenvalue weighted by Gasteiger charge is 2.18. The Morgan fingerprint density at radius 1 is 1.38 bits per heavy atom. The molecule has 0 aromatic carbocycles. The van der Waals surface area contributed by atoms with Crippen LogP contribution in [-0.2, 0) is 9.59 Å². The molecule has 0 bridgehead atoms. The second-order valence-corrected chi connectivity index (χ2v) is 3.33. The van der Waals surface area contributed by atoms with Gasteiger partial charge in [-0.15, -0.1) is 0 Å². The summed E-state index contributed by atoms with van der Waals surface area (Å²) in [6.07, 6.45) is 1.58. The number of carbonyl (C=O) groups excluding carboxylic acids is 2. The highest BCUT2D eigenvalue weighted by Crippen LogP contribution is 2.09. The van der Waals surface area contributed by atoms with Crippen molar-refractivity contribution in [2.45, 2.75) is 32.9 Å². The van der Waals surface area contributed by atoms with Crippen LogP contribution in [0.1, 0.15) is 20.8 Å². The Balaban J connectivity index is 4.43. The predicted octanol–water partition coefficient (Wildman–Crippen LogP) is 1.04. The highest BCUT2D eigenvalue weighted by atomic mass is 16.1. The molecule has 0 aliphatic rings. The summed E-state index contributed by atoms with van der Waals surface area (Å²) in [5, 5.41) is 0. The molecule has 74 valence electrons. The van der Waals surface area contributed by atoms with E-state index in [9.17, 15) is 9.59 Å². The van der Waals surface area contributed by atoms with Crippen molar-refractivity contribution >= 4 is 12.6 Å². The molecule has 0 amide bonds. The Labute approximate surface area is 79.4 Å². The van der Waals surface area contributed by atoms with Crippen LogP contribution in [0.25, 0.3) is 0 Å². The topological polar surface area (TPSA) is 37.4 Å². The lowest BCUT2D eigenvalue weighted by Gasteiger charge is -2.30. The zero-order chi connectivity index (χ0) is 10.4. The lowest BCUT2D eigenvalue weighted by molar-refractivity contribution is -0.110. The summed E-state index contributed by atoms with van der Waals surface area (Å²) >= 11 is 0. The standard InChI is InChI=1S/C10H17NO2/c1-8(2)11(5-6-12)10(4)9(3)7-13/h6-8,10H,3,5H2,1-2,4H3. The minimum atomic E-state index is -0.0669. The van der Waals surface area contributed by atoms with Gasteiger partial charge in [0.15, 0.2) is 0 Å². The van der Waals surface area contributed by atoms with Gasteiger partial charge in [0.2, 0.25) is 0 Å². The summed E-state index contributed by atoms with van der Waals surface area (Å²) < 4.78 is 0. The van der Waals surface area contributed by atoms with Gasteiger partial charge in [0, 0.05) is 17.7 Å². The molecule has 13 heavy (non-hydrogen) atoms. The van der Waals surface area contributed by atoms with E-state index in [0.29, 0.717) is 12.1 Å². The number of hydrogen-bond acceptors (Lipinski definition) is 3. The van der Waals surface area contributed by atoms with Crippen molar-refractivity contribution in [3.8, 4) is 0 Å². The molecule has 1 atom stereocenters. The van der Waals surface area contributed by atoms with E-state index >= 15 is 0 Å². The van der Waals surface area contributed by atoms with Crippen LogP contribution in [0, 0.1) is 0 Å². The molecule has 0 rings (SSSR count). The molecular formula is C10H17NO2. The van der Waals surface area contributed by atoms with Gasteiger partial charge in [-0.1, -0.05) is 6.58 Å². The fourth-order valence-corrected chi connectivity index (χ4v) is 1.21. The number of carbonyl (C=O) groups is 2. The van der Waals surface area contributed by atoms with Crippen molar-refractivity contribution in [2.75, 3.05) is 6.54 Å². The molecule has 0 aliphatic heterocycles. The van der Waals surface area contributed by atoms with Gasteiger partial charge in [-0.25, -0.2) is 0 Å². The minimum Gasteiger partial charge on any atom is -0.302 e. The average Bonchev–Trinajstić information content (AvgIpc) is 2.11. The summed E-state index contributed by atoms with van der Waals surface area (Å²) in [5.74, 6) is 0. The first kappa shape index (κ1) is 12.0. The van der Waals surface area contributed by atoms with Crippen LogP contribution in [0.2, 0.25) is 0 Å². The van der Waals surface area contributed by atoms with Crippen LogP contribution in [0.5, 0.6) is 0 Å². The molecule has 0 spiro atoms. The minimum absolute atomic E-state index is 0.0669. The Morgan fingerprint density at radius 2 is 1.92 bits per heavy atom. The summed E-state index contributed by atoms with van der Waals surface area (Å²) in [4.78, 5) is 22.8. The van der Waals surface area contributed by atoms with E-state index in [2.05, 4.69) is 6.58 Å². The molecule has 0 aromatic rings. The van der Waals surface area contributed by atoms with Crippen molar-refractivity contribution in [1.29, 1.82) is 0 Å². The van der Waals surface area contributed by atoms with E-state index in [1.807, 2.05) is 25.7 Å². The van der Waals surface area contributed by atoms with E-state index in [1.54, 1.807) is 0 Å². The van der Waals surface area contributed by atoms with Crippen LogP contribution in [0.3, 0.4) is 0 Å². The Bertz CT molecular complexity index is 199. The van der Waals surface area contributed by atoms with Gasteiger partial charge in [0.25, 0.3) is 0 Å². The lowest BCUT2D eigenvalue weighted by Crippen LogP contribution is -2.41. The lowest BCUT2D eigenvalue weighted by atomic mass is 10.1. The van der Waals surface area contributed by atoms with Crippen molar-refractivity contribution in [3.63, 3.8) is 0 Å². The summed E-state index contributed by atoms with van der Waals surface area (Å²) in [6, 6.07) is 0.166. The van der Waals surface area contributed by atoms with Gasteiger partial charge in [0.05, 0.1) is 6.54 Å². The van der Waals surface area contributed by atoms with Crippen molar-refractivity contribution in [1.82, 2.24) is 4.90 Å². The average molecular weight is 183 g/mol.